The van der Waals surface area contributed by atoms with Crippen molar-refractivity contribution in [2.45, 2.75) is 58.0 Å². The first-order chi connectivity index (χ1) is 10.4. The predicted octanol–water partition coefficient (Wildman–Crippen LogP) is 3.60. The molecule has 2 aliphatic rings. The Kier molecular flexibility index (Phi) is 5.32. The van der Waals surface area contributed by atoms with Crippen LogP contribution in [0.3, 0.4) is 0 Å². The number of nitrogens with zero attached hydrogens (tertiary/aromatic N) is 1. The van der Waals surface area contributed by atoms with Gasteiger partial charge in [-0.25, -0.2) is 0 Å². The summed E-state index contributed by atoms with van der Waals surface area (Å²) >= 11 is 0. The molecule has 0 aromatic heterocycles. The summed E-state index contributed by atoms with van der Waals surface area (Å²) in [6.45, 7) is 6.95. The van der Waals surface area contributed by atoms with Gasteiger partial charge < -0.3 is 5.32 Å². The van der Waals surface area contributed by atoms with E-state index in [1.54, 1.807) is 11.1 Å². The molecule has 21 heavy (non-hydrogen) atoms. The summed E-state index contributed by atoms with van der Waals surface area (Å²) in [5.41, 5.74) is 3.11. The van der Waals surface area contributed by atoms with Crippen LogP contribution in [0.25, 0.3) is 0 Å². The molecule has 1 aliphatic carbocycles. The van der Waals surface area contributed by atoms with Gasteiger partial charge in [-0.05, 0) is 42.9 Å². The molecule has 0 spiro atoms. The van der Waals surface area contributed by atoms with Crippen LogP contribution in [0, 0.1) is 5.92 Å². The second-order valence-corrected chi connectivity index (χ2v) is 6.82. The minimum Gasteiger partial charge on any atom is -0.313 e. The molecule has 0 amide bonds. The maximum atomic E-state index is 3.78. The van der Waals surface area contributed by atoms with Crippen LogP contribution >= 0.6 is 0 Å². The van der Waals surface area contributed by atoms with Crippen LogP contribution < -0.4 is 5.32 Å². The molecule has 1 unspecified atom stereocenters. The fraction of sp³-hybridized carbons (Fsp3) is 0.684. The first-order valence-electron chi connectivity index (χ1n) is 8.89. The third kappa shape index (κ3) is 3.87. The molecule has 1 fully saturated rings. The molecule has 1 saturated carbocycles. The van der Waals surface area contributed by atoms with Crippen molar-refractivity contribution in [1.29, 1.82) is 0 Å². The van der Waals surface area contributed by atoms with Crippen LogP contribution in [0.4, 0.5) is 0 Å². The Morgan fingerprint density at radius 2 is 1.90 bits per heavy atom. The Morgan fingerprint density at radius 1 is 1.14 bits per heavy atom. The molecular weight excluding hydrogens is 256 g/mol. The normalized spacial score (nSPS) is 22.0. The molecule has 1 heterocycles. The summed E-state index contributed by atoms with van der Waals surface area (Å²) < 4.78 is 0. The molecule has 1 aromatic rings. The molecule has 0 saturated heterocycles. The van der Waals surface area contributed by atoms with E-state index in [1.807, 2.05) is 0 Å². The quantitative estimate of drug-likeness (QED) is 0.889. The number of likely N-dealkylation sites (N-methyl/N-ethyl adjacent to an activating group) is 1. The number of hydrogen-bond donors (Lipinski definition) is 1. The zero-order valence-electron chi connectivity index (χ0n) is 13.5. The highest BCUT2D eigenvalue weighted by Gasteiger charge is 2.26. The van der Waals surface area contributed by atoms with Crippen molar-refractivity contribution in [3.63, 3.8) is 0 Å². The molecule has 1 aliphatic heterocycles. The maximum absolute atomic E-state index is 3.78. The van der Waals surface area contributed by atoms with Crippen molar-refractivity contribution in [3.05, 3.63) is 35.4 Å². The highest BCUT2D eigenvalue weighted by atomic mass is 15.2. The standard InChI is InChI=1S/C19H30N2/c1-2-20-19(17-9-4-3-5-10-17)15-21-13-12-16-8-6-7-11-18(16)14-21/h6-8,11,17,19-20H,2-5,9-10,12-15H2,1H3. The Hall–Kier alpha value is -0.860. The molecule has 0 bridgehead atoms. The SMILES string of the molecule is CCNC(CN1CCc2ccccc2C1)C1CCCCC1. The van der Waals surface area contributed by atoms with Crippen molar-refractivity contribution in [2.24, 2.45) is 5.92 Å². The van der Waals surface area contributed by atoms with E-state index in [1.165, 1.54) is 51.6 Å². The smallest absolute Gasteiger partial charge is 0.0237 e. The zero-order chi connectivity index (χ0) is 14.5. The van der Waals surface area contributed by atoms with E-state index in [-0.39, 0.29) is 0 Å². The van der Waals surface area contributed by atoms with Crippen molar-refractivity contribution in [1.82, 2.24) is 10.2 Å². The van der Waals surface area contributed by atoms with Gasteiger partial charge >= 0.3 is 0 Å². The summed E-state index contributed by atoms with van der Waals surface area (Å²) in [4.78, 5) is 2.67. The lowest BCUT2D eigenvalue weighted by Crippen LogP contribution is -2.47. The highest BCUT2D eigenvalue weighted by molar-refractivity contribution is 5.29. The molecule has 0 radical (unpaired) electrons. The van der Waals surface area contributed by atoms with Gasteiger partial charge in [-0.3, -0.25) is 4.90 Å². The number of hydrogen-bond acceptors (Lipinski definition) is 2. The summed E-state index contributed by atoms with van der Waals surface area (Å²) in [7, 11) is 0. The van der Waals surface area contributed by atoms with E-state index < -0.39 is 0 Å². The fourth-order valence-electron chi connectivity index (χ4n) is 4.17. The van der Waals surface area contributed by atoms with Gasteiger partial charge in [0.25, 0.3) is 0 Å². The lowest BCUT2D eigenvalue weighted by Gasteiger charge is -2.37. The second kappa shape index (κ2) is 7.42. The highest BCUT2D eigenvalue weighted by Crippen LogP contribution is 2.28. The van der Waals surface area contributed by atoms with Gasteiger partial charge in [0.05, 0.1) is 0 Å². The molecule has 2 heteroatoms. The molecule has 1 N–H and O–H groups in total. The van der Waals surface area contributed by atoms with Gasteiger partial charge in [-0.1, -0.05) is 50.5 Å². The molecule has 2 nitrogen and oxygen atoms in total. The average Bonchev–Trinajstić information content (AvgIpc) is 2.55. The van der Waals surface area contributed by atoms with E-state index in [9.17, 15) is 0 Å². The Labute approximate surface area is 129 Å². The van der Waals surface area contributed by atoms with Gasteiger partial charge in [-0.2, -0.15) is 0 Å². The largest absolute Gasteiger partial charge is 0.313 e. The van der Waals surface area contributed by atoms with E-state index in [4.69, 9.17) is 0 Å². The minimum absolute atomic E-state index is 0.695. The first kappa shape index (κ1) is 15.1. The first-order valence-corrected chi connectivity index (χ1v) is 8.89. The molecule has 3 rings (SSSR count). The van der Waals surface area contributed by atoms with E-state index in [2.05, 4.69) is 41.4 Å². The molecule has 116 valence electrons. The summed E-state index contributed by atoms with van der Waals surface area (Å²) in [6, 6.07) is 9.67. The van der Waals surface area contributed by atoms with Crippen LogP contribution in [-0.2, 0) is 13.0 Å². The van der Waals surface area contributed by atoms with Crippen molar-refractivity contribution >= 4 is 0 Å². The summed E-state index contributed by atoms with van der Waals surface area (Å²) in [5, 5.41) is 3.78. The molecule has 1 aromatic carbocycles. The third-order valence-corrected chi connectivity index (χ3v) is 5.35. The van der Waals surface area contributed by atoms with Crippen LogP contribution in [-0.4, -0.2) is 30.6 Å². The predicted molar refractivity (Wildman–Crippen MR) is 89.5 cm³/mol. The third-order valence-electron chi connectivity index (χ3n) is 5.35. The number of fused-ring (bicyclic) bond motifs is 1. The van der Waals surface area contributed by atoms with Crippen LogP contribution in [0.2, 0.25) is 0 Å². The summed E-state index contributed by atoms with van der Waals surface area (Å²) in [6.07, 6.45) is 8.42. The van der Waals surface area contributed by atoms with Crippen LogP contribution in [0.5, 0.6) is 0 Å². The summed E-state index contributed by atoms with van der Waals surface area (Å²) in [5.74, 6) is 0.899. The molecule has 1 atom stereocenters. The number of nitrogens with one attached hydrogen (secondary N) is 1. The average molecular weight is 286 g/mol. The van der Waals surface area contributed by atoms with Crippen molar-refractivity contribution in [3.8, 4) is 0 Å². The number of rotatable bonds is 5. The van der Waals surface area contributed by atoms with Gasteiger partial charge in [-0.15, -0.1) is 0 Å². The number of benzene rings is 1. The molecular formula is C19H30N2. The van der Waals surface area contributed by atoms with Crippen LogP contribution in [0.15, 0.2) is 24.3 Å². The zero-order valence-corrected chi connectivity index (χ0v) is 13.5. The lowest BCUT2D eigenvalue weighted by atomic mass is 9.83. The monoisotopic (exact) mass is 286 g/mol. The van der Waals surface area contributed by atoms with Gasteiger partial charge in [0.1, 0.15) is 0 Å². The van der Waals surface area contributed by atoms with Crippen LogP contribution in [0.1, 0.15) is 50.2 Å². The van der Waals surface area contributed by atoms with Gasteiger partial charge in [0.2, 0.25) is 0 Å². The fourth-order valence-corrected chi connectivity index (χ4v) is 4.17. The van der Waals surface area contributed by atoms with E-state index in [0.29, 0.717) is 6.04 Å². The van der Waals surface area contributed by atoms with Gasteiger partial charge in [0.15, 0.2) is 0 Å². The maximum Gasteiger partial charge on any atom is 0.0237 e. The van der Waals surface area contributed by atoms with Gasteiger partial charge in [0, 0.05) is 25.7 Å². The lowest BCUT2D eigenvalue weighted by molar-refractivity contribution is 0.174. The Bertz CT molecular complexity index is 437. The Balaban J connectivity index is 1.61. The van der Waals surface area contributed by atoms with E-state index >= 15 is 0 Å². The van der Waals surface area contributed by atoms with E-state index in [0.717, 1.165) is 19.0 Å². The van der Waals surface area contributed by atoms with Crippen molar-refractivity contribution < 1.29 is 0 Å². The second-order valence-electron chi connectivity index (χ2n) is 6.82. The Morgan fingerprint density at radius 3 is 2.67 bits per heavy atom. The van der Waals surface area contributed by atoms with Crippen molar-refractivity contribution in [2.75, 3.05) is 19.6 Å². The minimum atomic E-state index is 0.695. The topological polar surface area (TPSA) is 15.3 Å².